The van der Waals surface area contributed by atoms with Crippen molar-refractivity contribution in [1.29, 1.82) is 0 Å². The SMILES string of the molecule is CC(C)N[C@@H](CC1CCCCC1)[C@@H](O)[C@@H]1CCO1. The molecule has 1 heterocycles. The van der Waals surface area contributed by atoms with Gasteiger partial charge in [-0.2, -0.15) is 0 Å². The summed E-state index contributed by atoms with van der Waals surface area (Å²) >= 11 is 0. The highest BCUT2D eigenvalue weighted by atomic mass is 16.5. The monoisotopic (exact) mass is 255 g/mol. The minimum atomic E-state index is -0.330. The van der Waals surface area contributed by atoms with Gasteiger partial charge in [0.2, 0.25) is 0 Å². The first-order valence-corrected chi connectivity index (χ1v) is 7.72. The molecular weight excluding hydrogens is 226 g/mol. The highest BCUT2D eigenvalue weighted by molar-refractivity contribution is 4.88. The van der Waals surface area contributed by atoms with Crippen LogP contribution in [0.15, 0.2) is 0 Å². The summed E-state index contributed by atoms with van der Waals surface area (Å²) in [6, 6.07) is 0.631. The lowest BCUT2D eigenvalue weighted by Gasteiger charge is -2.38. The maximum atomic E-state index is 10.4. The van der Waals surface area contributed by atoms with Crippen LogP contribution in [-0.2, 0) is 4.74 Å². The molecule has 3 nitrogen and oxygen atoms in total. The molecule has 0 radical (unpaired) electrons. The number of rotatable bonds is 6. The Morgan fingerprint density at radius 2 is 1.83 bits per heavy atom. The fourth-order valence-corrected chi connectivity index (χ4v) is 3.30. The van der Waals surface area contributed by atoms with Gasteiger partial charge in [-0.15, -0.1) is 0 Å². The lowest BCUT2D eigenvalue weighted by molar-refractivity contribution is -0.128. The molecule has 0 amide bonds. The quantitative estimate of drug-likeness (QED) is 0.766. The van der Waals surface area contributed by atoms with Gasteiger partial charge in [-0.25, -0.2) is 0 Å². The largest absolute Gasteiger partial charge is 0.389 e. The lowest BCUT2D eigenvalue weighted by atomic mass is 9.82. The molecular formula is C15H29NO2. The molecule has 2 rings (SSSR count). The van der Waals surface area contributed by atoms with Crippen LogP contribution < -0.4 is 5.32 Å². The molecule has 106 valence electrons. The molecule has 0 aromatic rings. The topological polar surface area (TPSA) is 41.5 Å². The van der Waals surface area contributed by atoms with Gasteiger partial charge in [0, 0.05) is 18.7 Å². The van der Waals surface area contributed by atoms with Crippen LogP contribution in [0.5, 0.6) is 0 Å². The van der Waals surface area contributed by atoms with Crippen molar-refractivity contribution < 1.29 is 9.84 Å². The van der Waals surface area contributed by atoms with E-state index < -0.39 is 0 Å². The highest BCUT2D eigenvalue weighted by Gasteiger charge is 2.34. The first-order valence-electron chi connectivity index (χ1n) is 7.72. The average molecular weight is 255 g/mol. The number of aliphatic hydroxyl groups excluding tert-OH is 1. The Morgan fingerprint density at radius 3 is 2.33 bits per heavy atom. The molecule has 1 saturated heterocycles. The minimum absolute atomic E-state index is 0.0739. The minimum Gasteiger partial charge on any atom is -0.389 e. The van der Waals surface area contributed by atoms with Crippen LogP contribution in [0.25, 0.3) is 0 Å². The Balaban J connectivity index is 1.86. The van der Waals surface area contributed by atoms with Gasteiger partial charge < -0.3 is 15.2 Å². The van der Waals surface area contributed by atoms with E-state index >= 15 is 0 Å². The predicted octanol–water partition coefficient (Wildman–Crippen LogP) is 2.47. The van der Waals surface area contributed by atoms with Crippen molar-refractivity contribution in [3.8, 4) is 0 Å². The molecule has 0 spiro atoms. The van der Waals surface area contributed by atoms with Gasteiger partial charge in [0.15, 0.2) is 0 Å². The molecule has 3 atom stereocenters. The van der Waals surface area contributed by atoms with E-state index in [1.54, 1.807) is 0 Å². The Kier molecular flexibility index (Phi) is 5.46. The molecule has 0 aromatic carbocycles. The van der Waals surface area contributed by atoms with Crippen molar-refractivity contribution in [2.75, 3.05) is 6.61 Å². The van der Waals surface area contributed by atoms with E-state index in [9.17, 15) is 5.11 Å². The fraction of sp³-hybridized carbons (Fsp3) is 1.00. The van der Waals surface area contributed by atoms with E-state index in [1.807, 2.05) is 0 Å². The number of hydrogen-bond acceptors (Lipinski definition) is 3. The second-order valence-electron chi connectivity index (χ2n) is 6.36. The smallest absolute Gasteiger partial charge is 0.0955 e. The number of nitrogens with one attached hydrogen (secondary N) is 1. The summed E-state index contributed by atoms with van der Waals surface area (Å²) in [5, 5.41) is 14.0. The third-order valence-corrected chi connectivity index (χ3v) is 4.39. The van der Waals surface area contributed by atoms with Gasteiger partial charge in [0.1, 0.15) is 0 Å². The fourth-order valence-electron chi connectivity index (χ4n) is 3.30. The van der Waals surface area contributed by atoms with Crippen LogP contribution in [0.1, 0.15) is 58.8 Å². The van der Waals surface area contributed by atoms with Gasteiger partial charge in [-0.3, -0.25) is 0 Å². The van der Waals surface area contributed by atoms with E-state index in [1.165, 1.54) is 32.1 Å². The molecule has 1 aliphatic carbocycles. The second-order valence-corrected chi connectivity index (χ2v) is 6.36. The van der Waals surface area contributed by atoms with Crippen LogP contribution in [0.4, 0.5) is 0 Å². The van der Waals surface area contributed by atoms with Crippen LogP contribution in [0.3, 0.4) is 0 Å². The zero-order valence-corrected chi connectivity index (χ0v) is 11.9. The molecule has 1 saturated carbocycles. The maximum absolute atomic E-state index is 10.4. The van der Waals surface area contributed by atoms with Gasteiger partial charge >= 0.3 is 0 Å². The second kappa shape index (κ2) is 6.88. The van der Waals surface area contributed by atoms with Crippen LogP contribution in [-0.4, -0.2) is 36.0 Å². The van der Waals surface area contributed by atoms with E-state index in [0.29, 0.717) is 6.04 Å². The molecule has 0 aromatic heterocycles. The van der Waals surface area contributed by atoms with E-state index in [0.717, 1.165) is 25.4 Å². The van der Waals surface area contributed by atoms with Crippen molar-refractivity contribution in [3.63, 3.8) is 0 Å². The van der Waals surface area contributed by atoms with Gasteiger partial charge in [-0.1, -0.05) is 46.0 Å². The summed E-state index contributed by atoms with van der Waals surface area (Å²) in [4.78, 5) is 0. The zero-order valence-electron chi connectivity index (χ0n) is 11.9. The summed E-state index contributed by atoms with van der Waals surface area (Å²) in [5.41, 5.74) is 0. The molecule has 0 bridgehead atoms. The Labute approximate surface area is 111 Å². The van der Waals surface area contributed by atoms with Crippen molar-refractivity contribution in [2.24, 2.45) is 5.92 Å². The van der Waals surface area contributed by atoms with Gasteiger partial charge in [0.25, 0.3) is 0 Å². The molecule has 18 heavy (non-hydrogen) atoms. The lowest BCUT2D eigenvalue weighted by Crippen LogP contribution is -2.53. The predicted molar refractivity (Wildman–Crippen MR) is 73.6 cm³/mol. The van der Waals surface area contributed by atoms with Crippen molar-refractivity contribution in [3.05, 3.63) is 0 Å². The summed E-state index contributed by atoms with van der Waals surface area (Å²) < 4.78 is 5.45. The summed E-state index contributed by atoms with van der Waals surface area (Å²) in [5.74, 6) is 0.796. The molecule has 1 aliphatic heterocycles. The highest BCUT2D eigenvalue weighted by Crippen LogP contribution is 2.29. The first-order chi connectivity index (χ1) is 8.66. The standard InChI is InChI=1S/C15H29NO2/c1-11(2)16-13(15(17)14-8-9-18-14)10-12-6-4-3-5-7-12/h11-17H,3-10H2,1-2H3/t13-,14-,15+/m0/s1. The van der Waals surface area contributed by atoms with Crippen molar-refractivity contribution in [1.82, 2.24) is 5.32 Å². The van der Waals surface area contributed by atoms with Crippen LogP contribution in [0, 0.1) is 5.92 Å². The number of aliphatic hydroxyl groups is 1. The van der Waals surface area contributed by atoms with Gasteiger partial charge in [-0.05, 0) is 18.8 Å². The van der Waals surface area contributed by atoms with E-state index in [2.05, 4.69) is 19.2 Å². The average Bonchev–Trinajstić information content (AvgIpc) is 2.26. The van der Waals surface area contributed by atoms with Crippen molar-refractivity contribution in [2.45, 2.75) is 83.1 Å². The third-order valence-electron chi connectivity index (χ3n) is 4.39. The summed E-state index contributed by atoms with van der Waals surface area (Å²) in [6.45, 7) is 5.13. The van der Waals surface area contributed by atoms with E-state index in [-0.39, 0.29) is 18.2 Å². The molecule has 2 fully saturated rings. The van der Waals surface area contributed by atoms with Crippen LogP contribution >= 0.6 is 0 Å². The Morgan fingerprint density at radius 1 is 1.17 bits per heavy atom. The number of ether oxygens (including phenoxy) is 1. The number of hydrogen-bond donors (Lipinski definition) is 2. The molecule has 2 N–H and O–H groups in total. The van der Waals surface area contributed by atoms with Crippen molar-refractivity contribution >= 4 is 0 Å². The summed E-state index contributed by atoms with van der Waals surface area (Å²) in [7, 11) is 0. The van der Waals surface area contributed by atoms with Crippen LogP contribution in [0.2, 0.25) is 0 Å². The maximum Gasteiger partial charge on any atom is 0.0955 e. The molecule has 2 aliphatic rings. The normalized spacial score (nSPS) is 29.0. The summed E-state index contributed by atoms with van der Waals surface area (Å²) in [6.07, 6.45) is 8.69. The Hall–Kier alpha value is -0.120. The van der Waals surface area contributed by atoms with E-state index in [4.69, 9.17) is 4.74 Å². The molecule has 0 unspecified atom stereocenters. The molecule has 3 heteroatoms. The zero-order chi connectivity index (χ0) is 13.0. The Bertz CT molecular complexity index is 235. The third kappa shape index (κ3) is 3.94. The van der Waals surface area contributed by atoms with Gasteiger partial charge in [0.05, 0.1) is 12.2 Å². The first kappa shape index (κ1) is 14.3.